The van der Waals surface area contributed by atoms with Crippen LogP contribution in [0.4, 0.5) is 0 Å². The molecule has 0 radical (unpaired) electrons. The van der Waals surface area contributed by atoms with Gasteiger partial charge in [0.1, 0.15) is 0 Å². The van der Waals surface area contributed by atoms with Gasteiger partial charge in [-0.1, -0.05) is 0 Å². The van der Waals surface area contributed by atoms with Crippen molar-refractivity contribution >= 4 is 5.97 Å². The molecule has 0 aromatic rings. The standard InChI is InChI=1S/C8H15NO2/c1-11-8(10)4-6-2-7(3-6)5-9/h6-7H,2-5,9H2,1H3. The molecule has 1 aliphatic rings. The van der Waals surface area contributed by atoms with E-state index in [0.717, 1.165) is 19.4 Å². The molecule has 0 bridgehead atoms. The van der Waals surface area contributed by atoms with Crippen molar-refractivity contribution in [2.75, 3.05) is 13.7 Å². The largest absolute Gasteiger partial charge is 0.469 e. The van der Waals surface area contributed by atoms with Gasteiger partial charge < -0.3 is 10.5 Å². The predicted octanol–water partition coefficient (Wildman–Crippen LogP) is 0.534. The van der Waals surface area contributed by atoms with Gasteiger partial charge >= 0.3 is 5.97 Å². The van der Waals surface area contributed by atoms with Gasteiger partial charge in [-0.3, -0.25) is 4.79 Å². The van der Waals surface area contributed by atoms with Crippen molar-refractivity contribution in [2.24, 2.45) is 17.6 Å². The Morgan fingerprint density at radius 3 is 2.64 bits per heavy atom. The Hall–Kier alpha value is -0.570. The zero-order valence-corrected chi connectivity index (χ0v) is 6.88. The first-order valence-electron chi connectivity index (χ1n) is 4.03. The first kappa shape index (κ1) is 8.53. The number of nitrogens with two attached hydrogens (primary N) is 1. The number of rotatable bonds is 3. The smallest absolute Gasteiger partial charge is 0.305 e. The van der Waals surface area contributed by atoms with Gasteiger partial charge in [0, 0.05) is 6.42 Å². The highest BCUT2D eigenvalue weighted by Crippen LogP contribution is 2.35. The maximum absolute atomic E-state index is 10.8. The average molecular weight is 157 g/mol. The van der Waals surface area contributed by atoms with E-state index < -0.39 is 0 Å². The summed E-state index contributed by atoms with van der Waals surface area (Å²) in [5.41, 5.74) is 5.44. The minimum Gasteiger partial charge on any atom is -0.469 e. The van der Waals surface area contributed by atoms with E-state index in [-0.39, 0.29) is 5.97 Å². The minimum absolute atomic E-state index is 0.0922. The third-order valence-corrected chi connectivity index (χ3v) is 2.35. The lowest BCUT2D eigenvalue weighted by Gasteiger charge is -2.33. The maximum atomic E-state index is 10.8. The zero-order chi connectivity index (χ0) is 8.27. The van der Waals surface area contributed by atoms with Crippen LogP contribution in [0.25, 0.3) is 0 Å². The van der Waals surface area contributed by atoms with Gasteiger partial charge in [0.25, 0.3) is 0 Å². The van der Waals surface area contributed by atoms with Crippen molar-refractivity contribution in [2.45, 2.75) is 19.3 Å². The second-order valence-corrected chi connectivity index (χ2v) is 3.22. The summed E-state index contributed by atoms with van der Waals surface area (Å²) in [6.07, 6.45) is 2.78. The normalized spacial score (nSPS) is 29.3. The van der Waals surface area contributed by atoms with Crippen LogP contribution in [0.2, 0.25) is 0 Å². The van der Waals surface area contributed by atoms with Crippen molar-refractivity contribution < 1.29 is 9.53 Å². The Morgan fingerprint density at radius 2 is 2.18 bits per heavy atom. The first-order chi connectivity index (χ1) is 5.26. The van der Waals surface area contributed by atoms with Crippen molar-refractivity contribution in [3.05, 3.63) is 0 Å². The molecule has 0 aromatic carbocycles. The van der Waals surface area contributed by atoms with Crippen LogP contribution in [0.5, 0.6) is 0 Å². The molecule has 0 saturated heterocycles. The highest BCUT2D eigenvalue weighted by atomic mass is 16.5. The summed E-state index contributed by atoms with van der Waals surface area (Å²) in [5.74, 6) is 1.10. The van der Waals surface area contributed by atoms with Gasteiger partial charge in [0.2, 0.25) is 0 Å². The van der Waals surface area contributed by atoms with Crippen LogP contribution < -0.4 is 5.73 Å². The van der Waals surface area contributed by atoms with E-state index in [1.165, 1.54) is 7.11 Å². The molecule has 0 atom stereocenters. The van der Waals surface area contributed by atoms with E-state index in [9.17, 15) is 4.79 Å². The molecule has 1 fully saturated rings. The highest BCUT2D eigenvalue weighted by Gasteiger charge is 2.29. The average Bonchev–Trinajstić information content (AvgIpc) is 1.95. The number of hydrogen-bond acceptors (Lipinski definition) is 3. The molecule has 3 heteroatoms. The lowest BCUT2D eigenvalue weighted by molar-refractivity contribution is -0.142. The number of ether oxygens (including phenoxy) is 1. The molecule has 1 rings (SSSR count). The fourth-order valence-corrected chi connectivity index (χ4v) is 1.55. The molecule has 0 heterocycles. The molecule has 0 amide bonds. The van der Waals surface area contributed by atoms with E-state index in [1.807, 2.05) is 0 Å². The van der Waals surface area contributed by atoms with E-state index in [2.05, 4.69) is 4.74 Å². The number of esters is 1. The summed E-state index contributed by atoms with van der Waals surface area (Å²) in [7, 11) is 1.43. The molecule has 0 spiro atoms. The Kier molecular flexibility index (Phi) is 2.88. The summed E-state index contributed by atoms with van der Waals surface area (Å²) < 4.78 is 4.56. The van der Waals surface area contributed by atoms with Crippen LogP contribution in [-0.4, -0.2) is 19.6 Å². The number of methoxy groups -OCH3 is 1. The van der Waals surface area contributed by atoms with Crippen LogP contribution in [0.1, 0.15) is 19.3 Å². The van der Waals surface area contributed by atoms with E-state index in [4.69, 9.17) is 5.73 Å². The molecule has 0 aliphatic heterocycles. The van der Waals surface area contributed by atoms with Gasteiger partial charge in [0.05, 0.1) is 7.11 Å². The van der Waals surface area contributed by atoms with Crippen LogP contribution in [0.15, 0.2) is 0 Å². The van der Waals surface area contributed by atoms with Gasteiger partial charge in [-0.2, -0.15) is 0 Å². The lowest BCUT2D eigenvalue weighted by Crippen LogP contribution is -2.31. The summed E-state index contributed by atoms with van der Waals surface area (Å²) in [6, 6.07) is 0. The summed E-state index contributed by atoms with van der Waals surface area (Å²) in [5, 5.41) is 0. The minimum atomic E-state index is -0.0922. The summed E-state index contributed by atoms with van der Waals surface area (Å²) >= 11 is 0. The Bertz CT molecular complexity index is 141. The maximum Gasteiger partial charge on any atom is 0.305 e. The molecular formula is C8H15NO2. The fourth-order valence-electron chi connectivity index (χ4n) is 1.55. The van der Waals surface area contributed by atoms with Gasteiger partial charge in [0.15, 0.2) is 0 Å². The molecule has 3 nitrogen and oxygen atoms in total. The van der Waals surface area contributed by atoms with Crippen molar-refractivity contribution in [1.82, 2.24) is 0 Å². The van der Waals surface area contributed by atoms with Gasteiger partial charge in [-0.25, -0.2) is 0 Å². The number of hydrogen-bond donors (Lipinski definition) is 1. The third-order valence-electron chi connectivity index (χ3n) is 2.35. The molecular weight excluding hydrogens is 142 g/mol. The Morgan fingerprint density at radius 1 is 1.55 bits per heavy atom. The second kappa shape index (κ2) is 3.72. The molecule has 64 valence electrons. The molecule has 0 aromatic heterocycles. The molecule has 1 aliphatic carbocycles. The molecule has 1 saturated carbocycles. The van der Waals surface area contributed by atoms with Crippen LogP contribution >= 0.6 is 0 Å². The quantitative estimate of drug-likeness (QED) is 0.608. The van der Waals surface area contributed by atoms with Crippen LogP contribution in [0, 0.1) is 11.8 Å². The fraction of sp³-hybridized carbons (Fsp3) is 0.875. The number of carbonyl (C=O) groups excluding carboxylic acids is 1. The van der Waals surface area contributed by atoms with Crippen LogP contribution in [-0.2, 0) is 9.53 Å². The molecule has 2 N–H and O–H groups in total. The molecule has 0 unspecified atom stereocenters. The second-order valence-electron chi connectivity index (χ2n) is 3.22. The first-order valence-corrected chi connectivity index (χ1v) is 4.03. The lowest BCUT2D eigenvalue weighted by atomic mass is 9.73. The Balaban J connectivity index is 2.08. The summed E-state index contributed by atoms with van der Waals surface area (Å²) in [6.45, 7) is 0.762. The van der Waals surface area contributed by atoms with Crippen molar-refractivity contribution in [3.63, 3.8) is 0 Å². The van der Waals surface area contributed by atoms with Gasteiger partial charge in [-0.05, 0) is 31.2 Å². The number of carbonyl (C=O) groups is 1. The topological polar surface area (TPSA) is 52.3 Å². The van der Waals surface area contributed by atoms with Crippen molar-refractivity contribution in [1.29, 1.82) is 0 Å². The monoisotopic (exact) mass is 157 g/mol. The predicted molar refractivity (Wildman–Crippen MR) is 41.9 cm³/mol. The summed E-state index contributed by atoms with van der Waals surface area (Å²) in [4.78, 5) is 10.8. The van der Waals surface area contributed by atoms with E-state index in [1.54, 1.807) is 0 Å². The van der Waals surface area contributed by atoms with Crippen LogP contribution in [0.3, 0.4) is 0 Å². The Labute approximate surface area is 66.9 Å². The molecule has 11 heavy (non-hydrogen) atoms. The van der Waals surface area contributed by atoms with Gasteiger partial charge in [-0.15, -0.1) is 0 Å². The third kappa shape index (κ3) is 2.19. The highest BCUT2D eigenvalue weighted by molar-refractivity contribution is 5.69. The zero-order valence-electron chi connectivity index (χ0n) is 6.88. The van der Waals surface area contributed by atoms with Crippen molar-refractivity contribution in [3.8, 4) is 0 Å². The van der Waals surface area contributed by atoms with E-state index >= 15 is 0 Å². The van der Waals surface area contributed by atoms with E-state index in [0.29, 0.717) is 18.3 Å². The SMILES string of the molecule is COC(=O)CC1CC(CN)C1.